The molecule has 2 aromatic heterocycles. The van der Waals surface area contributed by atoms with Crippen LogP contribution in [0.25, 0.3) is 33.8 Å². The number of hydrogen-bond acceptors (Lipinski definition) is 5. The molecular formula is C28H25N5O2. The number of carbonyl (C=O) groups is 1. The Kier molecular flexibility index (Phi) is 6.13. The van der Waals surface area contributed by atoms with Gasteiger partial charge in [0, 0.05) is 41.4 Å². The Morgan fingerprint density at radius 1 is 1.11 bits per heavy atom. The minimum absolute atomic E-state index is 0.322. The lowest BCUT2D eigenvalue weighted by atomic mass is 9.92. The number of nitrogens with zero attached hydrogens (tertiary/aromatic N) is 5. The van der Waals surface area contributed by atoms with Crippen molar-refractivity contribution in [2.75, 3.05) is 13.1 Å². The lowest BCUT2D eigenvalue weighted by Crippen LogP contribution is -2.31. The van der Waals surface area contributed by atoms with Gasteiger partial charge in [0.05, 0.1) is 41.5 Å². The fourth-order valence-corrected chi connectivity index (χ4v) is 4.68. The van der Waals surface area contributed by atoms with Gasteiger partial charge < -0.3 is 5.11 Å². The highest BCUT2D eigenvalue weighted by Crippen LogP contribution is 2.35. The molecule has 0 amide bonds. The smallest absolute Gasteiger partial charge is 0.336 e. The third kappa shape index (κ3) is 4.32. The summed E-state index contributed by atoms with van der Waals surface area (Å²) in [4.78, 5) is 19.5. The summed E-state index contributed by atoms with van der Waals surface area (Å²) in [6, 6.07) is 19.5. The van der Waals surface area contributed by atoms with E-state index in [-0.39, 0.29) is 0 Å². The second-order valence-electron chi connectivity index (χ2n) is 8.58. The first-order chi connectivity index (χ1) is 17.1. The van der Waals surface area contributed by atoms with Crippen molar-refractivity contribution in [2.24, 2.45) is 0 Å². The normalized spacial score (nSPS) is 14.7. The van der Waals surface area contributed by atoms with E-state index in [0.29, 0.717) is 42.5 Å². The third-order valence-corrected chi connectivity index (χ3v) is 6.35. The molecule has 3 heterocycles. The molecule has 7 heteroatoms. The van der Waals surface area contributed by atoms with E-state index in [4.69, 9.17) is 15.3 Å². The predicted molar refractivity (Wildman–Crippen MR) is 135 cm³/mol. The van der Waals surface area contributed by atoms with Gasteiger partial charge in [-0.2, -0.15) is 10.4 Å². The van der Waals surface area contributed by atoms with E-state index < -0.39 is 5.97 Å². The number of nitriles is 1. The zero-order valence-corrected chi connectivity index (χ0v) is 19.5. The lowest BCUT2D eigenvalue weighted by molar-refractivity contribution is 0.0696. The summed E-state index contributed by atoms with van der Waals surface area (Å²) >= 11 is 0. The van der Waals surface area contributed by atoms with Crippen LogP contribution < -0.4 is 0 Å². The SMILES string of the molecule is CCN1CC(=Cc2cn(CCC#N)nc2-c2ccccc2)c2nc3ccccc3c(C(=O)O)c2C1. The topological polar surface area (TPSA) is 95.0 Å². The molecule has 0 saturated heterocycles. The minimum atomic E-state index is -0.938. The van der Waals surface area contributed by atoms with Gasteiger partial charge in [0.25, 0.3) is 0 Å². The Hall–Kier alpha value is -4.28. The Balaban J connectivity index is 1.72. The van der Waals surface area contributed by atoms with Crippen LogP contribution in [0, 0.1) is 11.3 Å². The Morgan fingerprint density at radius 2 is 1.89 bits per heavy atom. The van der Waals surface area contributed by atoms with Crippen LogP contribution >= 0.6 is 0 Å². The van der Waals surface area contributed by atoms with Gasteiger partial charge in [0.2, 0.25) is 0 Å². The number of carboxylic acid groups (broad SMARTS) is 1. The summed E-state index contributed by atoms with van der Waals surface area (Å²) in [5.74, 6) is -0.938. The number of fused-ring (bicyclic) bond motifs is 2. The summed E-state index contributed by atoms with van der Waals surface area (Å²) < 4.78 is 1.80. The number of aromatic nitrogens is 3. The van der Waals surface area contributed by atoms with Crippen LogP contribution in [0.15, 0.2) is 60.8 Å². The lowest BCUT2D eigenvalue weighted by Gasteiger charge is -2.30. The average molecular weight is 464 g/mol. The second kappa shape index (κ2) is 9.53. The van der Waals surface area contributed by atoms with Gasteiger partial charge in [-0.3, -0.25) is 9.58 Å². The Morgan fingerprint density at radius 3 is 2.63 bits per heavy atom. The van der Waals surface area contributed by atoms with Gasteiger partial charge in [-0.15, -0.1) is 0 Å². The summed E-state index contributed by atoms with van der Waals surface area (Å²) in [7, 11) is 0. The second-order valence-corrected chi connectivity index (χ2v) is 8.58. The molecule has 0 fully saturated rings. The summed E-state index contributed by atoms with van der Waals surface area (Å²) in [6.45, 7) is 4.56. The molecule has 4 aromatic rings. The van der Waals surface area contributed by atoms with Crippen molar-refractivity contribution in [3.05, 3.63) is 83.2 Å². The fraction of sp³-hybridized carbons (Fsp3) is 0.214. The van der Waals surface area contributed by atoms with Crippen LogP contribution in [-0.2, 0) is 13.1 Å². The zero-order valence-electron chi connectivity index (χ0n) is 19.5. The van der Waals surface area contributed by atoms with Crippen LogP contribution in [0.4, 0.5) is 0 Å². The maximum Gasteiger partial charge on any atom is 0.336 e. The van der Waals surface area contributed by atoms with Crippen molar-refractivity contribution in [3.63, 3.8) is 0 Å². The molecule has 0 bridgehead atoms. The van der Waals surface area contributed by atoms with E-state index in [2.05, 4.69) is 24.0 Å². The van der Waals surface area contributed by atoms with Crippen molar-refractivity contribution in [1.82, 2.24) is 19.7 Å². The van der Waals surface area contributed by atoms with E-state index in [1.54, 1.807) is 4.68 Å². The highest BCUT2D eigenvalue weighted by Gasteiger charge is 2.28. The van der Waals surface area contributed by atoms with E-state index in [0.717, 1.165) is 40.2 Å². The fourth-order valence-electron chi connectivity index (χ4n) is 4.68. The third-order valence-electron chi connectivity index (χ3n) is 6.35. The van der Waals surface area contributed by atoms with Crippen molar-refractivity contribution in [3.8, 4) is 17.3 Å². The molecule has 0 radical (unpaired) electrons. The van der Waals surface area contributed by atoms with Crippen molar-refractivity contribution < 1.29 is 9.90 Å². The highest BCUT2D eigenvalue weighted by atomic mass is 16.4. The number of hydrogen-bond donors (Lipinski definition) is 1. The van der Waals surface area contributed by atoms with E-state index >= 15 is 0 Å². The molecule has 5 rings (SSSR count). The van der Waals surface area contributed by atoms with E-state index in [9.17, 15) is 9.90 Å². The molecular weight excluding hydrogens is 438 g/mol. The number of carboxylic acids is 1. The minimum Gasteiger partial charge on any atom is -0.478 e. The van der Waals surface area contributed by atoms with Crippen molar-refractivity contribution in [1.29, 1.82) is 5.26 Å². The zero-order chi connectivity index (χ0) is 24.4. The monoisotopic (exact) mass is 463 g/mol. The van der Waals surface area contributed by atoms with Crippen LogP contribution in [-0.4, -0.2) is 43.8 Å². The number of benzene rings is 2. The van der Waals surface area contributed by atoms with Gasteiger partial charge >= 0.3 is 5.97 Å². The maximum atomic E-state index is 12.4. The summed E-state index contributed by atoms with van der Waals surface area (Å²) in [6.07, 6.45) is 4.40. The number of pyridine rings is 1. The van der Waals surface area contributed by atoms with Crippen LogP contribution in [0.3, 0.4) is 0 Å². The molecule has 0 unspecified atom stereocenters. The molecule has 0 spiro atoms. The van der Waals surface area contributed by atoms with Crippen LogP contribution in [0.2, 0.25) is 0 Å². The average Bonchev–Trinajstić information content (AvgIpc) is 3.28. The highest BCUT2D eigenvalue weighted by molar-refractivity contribution is 6.06. The molecule has 2 aromatic carbocycles. The van der Waals surface area contributed by atoms with Gasteiger partial charge in [-0.05, 0) is 24.3 Å². The maximum absolute atomic E-state index is 12.4. The molecule has 0 saturated carbocycles. The van der Waals surface area contributed by atoms with Crippen molar-refractivity contribution >= 4 is 28.5 Å². The number of aromatic carboxylic acids is 1. The number of rotatable bonds is 6. The van der Waals surface area contributed by atoms with Crippen LogP contribution in [0.1, 0.15) is 40.5 Å². The largest absolute Gasteiger partial charge is 0.478 e. The first kappa shape index (κ1) is 22.5. The molecule has 1 N–H and O–H groups in total. The predicted octanol–water partition coefficient (Wildman–Crippen LogP) is 5.09. The quantitative estimate of drug-likeness (QED) is 0.428. The van der Waals surface area contributed by atoms with Gasteiger partial charge in [0.15, 0.2) is 0 Å². The number of para-hydroxylation sites is 1. The molecule has 0 aliphatic carbocycles. The van der Waals surface area contributed by atoms with Gasteiger partial charge in [0.1, 0.15) is 0 Å². The molecule has 1 aliphatic rings. The Labute approximate surface area is 203 Å². The van der Waals surface area contributed by atoms with Crippen molar-refractivity contribution in [2.45, 2.75) is 26.4 Å². The molecule has 1 aliphatic heterocycles. The van der Waals surface area contributed by atoms with E-state index in [1.165, 1.54) is 0 Å². The molecule has 7 nitrogen and oxygen atoms in total. The van der Waals surface area contributed by atoms with E-state index in [1.807, 2.05) is 60.8 Å². The first-order valence-corrected chi connectivity index (χ1v) is 11.7. The first-order valence-electron chi connectivity index (χ1n) is 11.7. The standard InChI is InChI=1S/C28H25N5O2/c1-2-32-16-20(27-23(18-32)25(28(34)35)22-11-6-7-12-24(22)30-27)15-21-17-33(14-8-13-29)31-26(21)19-9-4-3-5-10-19/h3-7,9-12,15,17H,2,8,14,16,18H2,1H3,(H,34,35). The summed E-state index contributed by atoms with van der Waals surface area (Å²) in [5, 5.41) is 24.6. The van der Waals surface area contributed by atoms with Gasteiger partial charge in [-0.1, -0.05) is 55.5 Å². The van der Waals surface area contributed by atoms with Gasteiger partial charge in [-0.25, -0.2) is 9.78 Å². The molecule has 35 heavy (non-hydrogen) atoms. The van der Waals surface area contributed by atoms with Crippen LogP contribution in [0.5, 0.6) is 0 Å². The Bertz CT molecular complexity index is 1480. The summed E-state index contributed by atoms with van der Waals surface area (Å²) in [5.41, 5.74) is 6.15. The molecule has 0 atom stereocenters. The number of aryl methyl sites for hydroxylation is 1. The molecule has 174 valence electrons. The number of likely N-dealkylation sites (N-methyl/N-ethyl adjacent to an activating group) is 1.